The molecule has 0 spiro atoms. The summed E-state index contributed by atoms with van der Waals surface area (Å²) in [7, 11) is 0. The lowest BCUT2D eigenvalue weighted by atomic mass is 10.3. The van der Waals surface area contributed by atoms with Gasteiger partial charge < -0.3 is 10.1 Å². The quantitative estimate of drug-likeness (QED) is 0.477. The Kier molecular flexibility index (Phi) is 4.08. The summed E-state index contributed by atoms with van der Waals surface area (Å²) in [5.74, 6) is 0.785. The first-order valence-electron chi connectivity index (χ1n) is 4.69. The predicted molar refractivity (Wildman–Crippen MR) is 46.8 cm³/mol. The molecule has 1 fully saturated rings. The zero-order chi connectivity index (χ0) is 8.81. The Morgan fingerprint density at radius 3 is 2.92 bits per heavy atom. The minimum absolute atomic E-state index is 0.145. The maximum Gasteiger partial charge on any atom is 0.319 e. The largest absolute Gasteiger partial charge is 0.465 e. The average molecular weight is 171 g/mol. The van der Waals surface area contributed by atoms with Crippen molar-refractivity contribution in [3.8, 4) is 0 Å². The van der Waals surface area contributed by atoms with Gasteiger partial charge in [0.1, 0.15) is 0 Å². The number of hydrogen-bond acceptors (Lipinski definition) is 3. The molecule has 0 saturated heterocycles. The molecule has 0 aromatic heterocycles. The van der Waals surface area contributed by atoms with E-state index in [2.05, 4.69) is 5.32 Å². The van der Waals surface area contributed by atoms with E-state index in [0.29, 0.717) is 13.2 Å². The first kappa shape index (κ1) is 9.52. The normalized spacial score (nSPS) is 16.1. The van der Waals surface area contributed by atoms with E-state index in [1.54, 1.807) is 0 Å². The van der Waals surface area contributed by atoms with Gasteiger partial charge in [-0.2, -0.15) is 0 Å². The van der Waals surface area contributed by atoms with E-state index in [-0.39, 0.29) is 5.97 Å². The van der Waals surface area contributed by atoms with Crippen LogP contribution >= 0.6 is 0 Å². The standard InChI is InChI=1S/C9H17NO2/c1-2-12-9(11)7-10-6-5-8-3-4-8/h8,10H,2-7H2,1H3. The van der Waals surface area contributed by atoms with Gasteiger partial charge in [0, 0.05) is 0 Å². The van der Waals surface area contributed by atoms with Crippen molar-refractivity contribution in [3.63, 3.8) is 0 Å². The SMILES string of the molecule is CCOC(=O)CNCCC1CC1. The predicted octanol–water partition coefficient (Wildman–Crippen LogP) is 0.939. The molecule has 0 amide bonds. The molecular weight excluding hydrogens is 154 g/mol. The third-order valence-corrected chi connectivity index (χ3v) is 2.00. The highest BCUT2D eigenvalue weighted by molar-refractivity contribution is 5.71. The van der Waals surface area contributed by atoms with Crippen LogP contribution in [0.1, 0.15) is 26.2 Å². The van der Waals surface area contributed by atoms with Gasteiger partial charge in [-0.25, -0.2) is 0 Å². The lowest BCUT2D eigenvalue weighted by Gasteiger charge is -2.03. The molecule has 12 heavy (non-hydrogen) atoms. The highest BCUT2D eigenvalue weighted by Gasteiger charge is 2.20. The van der Waals surface area contributed by atoms with Gasteiger partial charge in [0.25, 0.3) is 0 Å². The zero-order valence-electron chi connectivity index (χ0n) is 7.64. The van der Waals surface area contributed by atoms with Gasteiger partial charge in [0.05, 0.1) is 13.2 Å². The summed E-state index contributed by atoms with van der Waals surface area (Å²) in [6.45, 7) is 3.61. The molecule has 1 aliphatic carbocycles. The van der Waals surface area contributed by atoms with Crippen molar-refractivity contribution in [1.29, 1.82) is 0 Å². The van der Waals surface area contributed by atoms with E-state index >= 15 is 0 Å². The number of nitrogens with one attached hydrogen (secondary N) is 1. The molecule has 0 atom stereocenters. The minimum Gasteiger partial charge on any atom is -0.465 e. The third-order valence-electron chi connectivity index (χ3n) is 2.00. The van der Waals surface area contributed by atoms with Crippen LogP contribution in [0.3, 0.4) is 0 Å². The molecule has 0 aromatic carbocycles. The first-order valence-corrected chi connectivity index (χ1v) is 4.69. The minimum atomic E-state index is -0.145. The van der Waals surface area contributed by atoms with Crippen LogP contribution < -0.4 is 5.32 Å². The molecule has 1 aliphatic rings. The lowest BCUT2D eigenvalue weighted by molar-refractivity contribution is -0.141. The molecule has 70 valence electrons. The Hall–Kier alpha value is -0.570. The topological polar surface area (TPSA) is 38.3 Å². The Balaban J connectivity index is 1.83. The number of esters is 1. The Morgan fingerprint density at radius 2 is 2.33 bits per heavy atom. The van der Waals surface area contributed by atoms with E-state index in [4.69, 9.17) is 4.74 Å². The van der Waals surface area contributed by atoms with E-state index in [1.807, 2.05) is 6.92 Å². The van der Waals surface area contributed by atoms with Gasteiger partial charge in [-0.1, -0.05) is 12.8 Å². The second kappa shape index (κ2) is 5.14. The highest BCUT2D eigenvalue weighted by Crippen LogP contribution is 2.31. The molecule has 0 aromatic rings. The summed E-state index contributed by atoms with van der Waals surface area (Å²) in [5, 5.41) is 3.07. The van der Waals surface area contributed by atoms with Gasteiger partial charge >= 0.3 is 5.97 Å². The molecule has 0 aliphatic heterocycles. The molecule has 0 unspecified atom stereocenters. The average Bonchev–Trinajstić information content (AvgIpc) is 2.82. The highest BCUT2D eigenvalue weighted by atomic mass is 16.5. The van der Waals surface area contributed by atoms with Crippen molar-refractivity contribution in [1.82, 2.24) is 5.32 Å². The number of hydrogen-bond donors (Lipinski definition) is 1. The van der Waals surface area contributed by atoms with Crippen LogP contribution in [0.4, 0.5) is 0 Å². The van der Waals surface area contributed by atoms with Crippen molar-refractivity contribution >= 4 is 5.97 Å². The molecule has 0 radical (unpaired) electrons. The summed E-state index contributed by atoms with van der Waals surface area (Å²) in [5.41, 5.74) is 0. The Bertz CT molecular complexity index is 143. The number of ether oxygens (including phenoxy) is 1. The summed E-state index contributed by atoms with van der Waals surface area (Å²) in [6.07, 6.45) is 3.96. The fraction of sp³-hybridized carbons (Fsp3) is 0.889. The molecule has 1 N–H and O–H groups in total. The van der Waals surface area contributed by atoms with E-state index in [0.717, 1.165) is 12.5 Å². The van der Waals surface area contributed by atoms with Crippen molar-refractivity contribution in [2.75, 3.05) is 19.7 Å². The molecule has 3 heteroatoms. The lowest BCUT2D eigenvalue weighted by Crippen LogP contribution is -2.25. The maximum atomic E-state index is 10.8. The van der Waals surface area contributed by atoms with Crippen molar-refractivity contribution in [2.24, 2.45) is 5.92 Å². The number of carbonyl (C=O) groups excluding carboxylic acids is 1. The first-order chi connectivity index (χ1) is 5.83. The van der Waals surface area contributed by atoms with E-state index in [9.17, 15) is 4.79 Å². The smallest absolute Gasteiger partial charge is 0.319 e. The van der Waals surface area contributed by atoms with Gasteiger partial charge in [0.2, 0.25) is 0 Å². The molecule has 1 saturated carbocycles. The fourth-order valence-electron chi connectivity index (χ4n) is 1.12. The zero-order valence-corrected chi connectivity index (χ0v) is 7.64. The molecule has 3 nitrogen and oxygen atoms in total. The van der Waals surface area contributed by atoms with Crippen LogP contribution in [-0.2, 0) is 9.53 Å². The molecular formula is C9H17NO2. The Labute approximate surface area is 73.5 Å². The third kappa shape index (κ3) is 4.34. The summed E-state index contributed by atoms with van der Waals surface area (Å²) in [6, 6.07) is 0. The van der Waals surface area contributed by atoms with Crippen LogP contribution in [0.5, 0.6) is 0 Å². The second-order valence-electron chi connectivity index (χ2n) is 3.21. The van der Waals surface area contributed by atoms with Gasteiger partial charge in [0.15, 0.2) is 0 Å². The van der Waals surface area contributed by atoms with Crippen LogP contribution in [-0.4, -0.2) is 25.7 Å². The van der Waals surface area contributed by atoms with Gasteiger partial charge in [-0.3, -0.25) is 4.79 Å². The maximum absolute atomic E-state index is 10.8. The van der Waals surface area contributed by atoms with Crippen molar-refractivity contribution < 1.29 is 9.53 Å². The number of carbonyl (C=O) groups is 1. The fourth-order valence-corrected chi connectivity index (χ4v) is 1.12. The van der Waals surface area contributed by atoms with Crippen LogP contribution in [0, 0.1) is 5.92 Å². The van der Waals surface area contributed by atoms with Crippen LogP contribution in [0.15, 0.2) is 0 Å². The van der Waals surface area contributed by atoms with E-state index in [1.165, 1.54) is 19.3 Å². The monoisotopic (exact) mass is 171 g/mol. The molecule has 0 heterocycles. The summed E-state index contributed by atoms with van der Waals surface area (Å²) in [4.78, 5) is 10.8. The van der Waals surface area contributed by atoms with E-state index < -0.39 is 0 Å². The molecule has 0 bridgehead atoms. The van der Waals surface area contributed by atoms with Crippen molar-refractivity contribution in [3.05, 3.63) is 0 Å². The second-order valence-corrected chi connectivity index (χ2v) is 3.21. The van der Waals surface area contributed by atoms with Gasteiger partial charge in [-0.05, 0) is 25.8 Å². The van der Waals surface area contributed by atoms with Crippen LogP contribution in [0.2, 0.25) is 0 Å². The van der Waals surface area contributed by atoms with Crippen LogP contribution in [0.25, 0.3) is 0 Å². The van der Waals surface area contributed by atoms with Gasteiger partial charge in [-0.15, -0.1) is 0 Å². The summed E-state index contributed by atoms with van der Waals surface area (Å²) < 4.78 is 4.76. The summed E-state index contributed by atoms with van der Waals surface area (Å²) >= 11 is 0. The number of rotatable bonds is 6. The molecule has 1 rings (SSSR count). The Morgan fingerprint density at radius 1 is 1.58 bits per heavy atom. The van der Waals surface area contributed by atoms with Crippen molar-refractivity contribution in [2.45, 2.75) is 26.2 Å².